The van der Waals surface area contributed by atoms with Gasteiger partial charge in [0.15, 0.2) is 0 Å². The number of hydrogen-bond acceptors (Lipinski definition) is 2. The zero-order valence-electron chi connectivity index (χ0n) is 12.0. The van der Waals surface area contributed by atoms with Gasteiger partial charge in [0.05, 0.1) is 10.5 Å². The number of aromatic nitrogens is 1. The number of rotatable bonds is 4. The highest BCUT2D eigenvalue weighted by Gasteiger charge is 2.21. The molecule has 0 aliphatic heterocycles. The number of benzene rings is 1. The van der Waals surface area contributed by atoms with Crippen molar-refractivity contribution in [2.75, 3.05) is 0 Å². The molecule has 2 aromatic rings. The fourth-order valence-corrected chi connectivity index (χ4v) is 2.57. The standard InChI is InChI=1S/C16H19ClN2O/c1-4-9-16(2,3)19-15(20)14-10-12(17)11-7-5-6-8-13(11)18-14/h5-8,10H,4,9H2,1-3H3,(H,19,20). The topological polar surface area (TPSA) is 42.0 Å². The number of nitrogens with zero attached hydrogens (tertiary/aromatic N) is 1. The summed E-state index contributed by atoms with van der Waals surface area (Å²) in [5.74, 6) is -0.184. The summed E-state index contributed by atoms with van der Waals surface area (Å²) in [6.45, 7) is 6.12. The van der Waals surface area contributed by atoms with Crippen molar-refractivity contribution in [2.45, 2.75) is 39.2 Å². The van der Waals surface area contributed by atoms with Gasteiger partial charge in [-0.3, -0.25) is 4.79 Å². The van der Waals surface area contributed by atoms with Gasteiger partial charge in [-0.1, -0.05) is 43.1 Å². The number of nitrogens with one attached hydrogen (secondary N) is 1. The normalized spacial score (nSPS) is 11.6. The molecule has 1 aromatic heterocycles. The van der Waals surface area contributed by atoms with E-state index in [2.05, 4.69) is 17.2 Å². The minimum atomic E-state index is -0.244. The van der Waals surface area contributed by atoms with Crippen LogP contribution in [0.4, 0.5) is 0 Å². The van der Waals surface area contributed by atoms with Crippen LogP contribution in [0, 0.1) is 0 Å². The summed E-state index contributed by atoms with van der Waals surface area (Å²) in [6.07, 6.45) is 1.93. The Kier molecular flexibility index (Phi) is 4.29. The quantitative estimate of drug-likeness (QED) is 0.917. The summed E-state index contributed by atoms with van der Waals surface area (Å²) in [5.41, 5.74) is 0.849. The highest BCUT2D eigenvalue weighted by molar-refractivity contribution is 6.35. The zero-order chi connectivity index (χ0) is 14.8. The Morgan fingerprint density at radius 1 is 1.35 bits per heavy atom. The molecular formula is C16H19ClN2O. The molecule has 1 aromatic carbocycles. The van der Waals surface area contributed by atoms with Gasteiger partial charge >= 0.3 is 0 Å². The van der Waals surface area contributed by atoms with Gasteiger partial charge in [-0.25, -0.2) is 4.98 Å². The third kappa shape index (κ3) is 3.28. The van der Waals surface area contributed by atoms with E-state index in [0.29, 0.717) is 10.7 Å². The molecule has 4 heteroatoms. The first kappa shape index (κ1) is 14.8. The average Bonchev–Trinajstić information content (AvgIpc) is 2.38. The van der Waals surface area contributed by atoms with Crippen LogP contribution >= 0.6 is 11.6 Å². The highest BCUT2D eigenvalue weighted by Crippen LogP contribution is 2.23. The smallest absolute Gasteiger partial charge is 0.270 e. The second-order valence-electron chi connectivity index (χ2n) is 5.59. The summed E-state index contributed by atoms with van der Waals surface area (Å²) in [6, 6.07) is 9.16. The summed E-state index contributed by atoms with van der Waals surface area (Å²) in [4.78, 5) is 16.7. The molecule has 0 aliphatic carbocycles. The number of para-hydroxylation sites is 1. The minimum absolute atomic E-state index is 0.184. The molecule has 0 aliphatic rings. The fraction of sp³-hybridized carbons (Fsp3) is 0.375. The molecule has 20 heavy (non-hydrogen) atoms. The van der Waals surface area contributed by atoms with Crippen LogP contribution in [0.2, 0.25) is 5.02 Å². The van der Waals surface area contributed by atoms with E-state index in [1.807, 2.05) is 38.1 Å². The molecule has 0 unspecified atom stereocenters. The lowest BCUT2D eigenvalue weighted by atomic mass is 9.99. The predicted octanol–water partition coefficient (Wildman–Crippen LogP) is 4.20. The van der Waals surface area contributed by atoms with Gasteiger partial charge in [-0.15, -0.1) is 0 Å². The lowest BCUT2D eigenvalue weighted by Crippen LogP contribution is -2.43. The third-order valence-electron chi connectivity index (χ3n) is 3.23. The molecule has 0 saturated heterocycles. The van der Waals surface area contributed by atoms with Crippen LogP contribution in [0.3, 0.4) is 0 Å². The predicted molar refractivity (Wildman–Crippen MR) is 83.2 cm³/mol. The summed E-state index contributed by atoms with van der Waals surface area (Å²) in [7, 11) is 0. The van der Waals surface area contributed by atoms with Crippen molar-refractivity contribution in [3.8, 4) is 0 Å². The van der Waals surface area contributed by atoms with E-state index in [1.54, 1.807) is 6.07 Å². The van der Waals surface area contributed by atoms with Gasteiger partial charge in [0, 0.05) is 10.9 Å². The molecule has 1 heterocycles. The summed E-state index contributed by atoms with van der Waals surface area (Å²) >= 11 is 6.22. The lowest BCUT2D eigenvalue weighted by Gasteiger charge is -2.25. The van der Waals surface area contributed by atoms with Crippen molar-refractivity contribution < 1.29 is 4.79 Å². The number of carbonyl (C=O) groups excluding carboxylic acids is 1. The van der Waals surface area contributed by atoms with Crippen molar-refractivity contribution in [1.82, 2.24) is 10.3 Å². The molecule has 1 amide bonds. The van der Waals surface area contributed by atoms with E-state index in [9.17, 15) is 4.79 Å². The SMILES string of the molecule is CCCC(C)(C)NC(=O)c1cc(Cl)c2ccccc2n1. The van der Waals surface area contributed by atoms with E-state index < -0.39 is 0 Å². The maximum absolute atomic E-state index is 12.3. The van der Waals surface area contributed by atoms with E-state index in [1.165, 1.54) is 0 Å². The van der Waals surface area contributed by atoms with E-state index in [0.717, 1.165) is 23.7 Å². The number of hydrogen-bond donors (Lipinski definition) is 1. The third-order valence-corrected chi connectivity index (χ3v) is 3.54. The van der Waals surface area contributed by atoms with E-state index in [4.69, 9.17) is 11.6 Å². The van der Waals surface area contributed by atoms with Crippen LogP contribution in [0.1, 0.15) is 44.1 Å². The Labute approximate surface area is 124 Å². The van der Waals surface area contributed by atoms with Crippen LogP contribution < -0.4 is 5.32 Å². The van der Waals surface area contributed by atoms with Crippen LogP contribution in [0.5, 0.6) is 0 Å². The highest BCUT2D eigenvalue weighted by atomic mass is 35.5. The number of pyridine rings is 1. The van der Waals surface area contributed by atoms with Crippen LogP contribution in [-0.4, -0.2) is 16.4 Å². The lowest BCUT2D eigenvalue weighted by molar-refractivity contribution is 0.0904. The summed E-state index contributed by atoms with van der Waals surface area (Å²) in [5, 5.41) is 4.42. The monoisotopic (exact) mass is 290 g/mol. The number of fused-ring (bicyclic) bond motifs is 1. The van der Waals surface area contributed by atoms with E-state index >= 15 is 0 Å². The fourth-order valence-electron chi connectivity index (χ4n) is 2.31. The minimum Gasteiger partial charge on any atom is -0.346 e. The first-order chi connectivity index (χ1) is 9.43. The molecule has 0 radical (unpaired) electrons. The van der Waals surface area contributed by atoms with Gasteiger partial charge < -0.3 is 5.32 Å². The molecular weight excluding hydrogens is 272 g/mol. The van der Waals surface area contributed by atoms with E-state index in [-0.39, 0.29) is 11.4 Å². The van der Waals surface area contributed by atoms with Crippen molar-refractivity contribution in [3.05, 3.63) is 41.0 Å². The molecule has 0 atom stereocenters. The van der Waals surface area contributed by atoms with Gasteiger partial charge in [-0.2, -0.15) is 0 Å². The van der Waals surface area contributed by atoms with Crippen molar-refractivity contribution in [3.63, 3.8) is 0 Å². The molecule has 3 nitrogen and oxygen atoms in total. The maximum atomic E-state index is 12.3. The molecule has 1 N–H and O–H groups in total. The van der Waals surface area contributed by atoms with Crippen LogP contribution in [-0.2, 0) is 0 Å². The van der Waals surface area contributed by atoms with Gasteiger partial charge in [-0.05, 0) is 32.4 Å². The van der Waals surface area contributed by atoms with Gasteiger partial charge in [0.25, 0.3) is 5.91 Å². The first-order valence-corrected chi connectivity index (χ1v) is 7.18. The Hall–Kier alpha value is -1.61. The number of amides is 1. The molecule has 0 spiro atoms. The van der Waals surface area contributed by atoms with Gasteiger partial charge in [0.2, 0.25) is 0 Å². The maximum Gasteiger partial charge on any atom is 0.270 e. The Morgan fingerprint density at radius 2 is 2.05 bits per heavy atom. The largest absolute Gasteiger partial charge is 0.346 e. The van der Waals surface area contributed by atoms with Crippen molar-refractivity contribution in [1.29, 1.82) is 0 Å². The molecule has 0 saturated carbocycles. The zero-order valence-corrected chi connectivity index (χ0v) is 12.8. The Balaban J connectivity index is 2.31. The Morgan fingerprint density at radius 3 is 2.75 bits per heavy atom. The molecule has 0 fully saturated rings. The van der Waals surface area contributed by atoms with Crippen LogP contribution in [0.15, 0.2) is 30.3 Å². The second-order valence-corrected chi connectivity index (χ2v) is 6.00. The second kappa shape index (κ2) is 5.80. The number of carbonyl (C=O) groups is 1. The first-order valence-electron chi connectivity index (χ1n) is 6.81. The number of halogens is 1. The van der Waals surface area contributed by atoms with Crippen LogP contribution in [0.25, 0.3) is 10.9 Å². The Bertz CT molecular complexity index is 637. The van der Waals surface area contributed by atoms with Gasteiger partial charge in [0.1, 0.15) is 5.69 Å². The molecule has 106 valence electrons. The summed E-state index contributed by atoms with van der Waals surface area (Å²) < 4.78 is 0. The average molecular weight is 291 g/mol. The van der Waals surface area contributed by atoms with Crippen molar-refractivity contribution in [2.24, 2.45) is 0 Å². The molecule has 0 bridgehead atoms. The van der Waals surface area contributed by atoms with Crippen molar-refractivity contribution >= 4 is 28.4 Å². The molecule has 2 rings (SSSR count).